The molecule has 0 aromatic carbocycles. The second-order valence-electron chi connectivity index (χ2n) is 4.17. The van der Waals surface area contributed by atoms with E-state index in [1.807, 2.05) is 0 Å². The Bertz CT molecular complexity index is 352. The molecule has 2 unspecified atom stereocenters. The second kappa shape index (κ2) is 5.79. The Morgan fingerprint density at radius 1 is 1.71 bits per heavy atom. The number of nitrogens with zero attached hydrogens (tertiary/aromatic N) is 1. The van der Waals surface area contributed by atoms with E-state index < -0.39 is 0 Å². The highest BCUT2D eigenvalue weighted by molar-refractivity contribution is 5.82. The largest absolute Gasteiger partial charge is 0.380 e. The van der Waals surface area contributed by atoms with Crippen LogP contribution in [-0.2, 0) is 16.0 Å². The molecule has 1 saturated heterocycles. The number of carbonyl (C=O) groups excluding carboxylic acids is 1. The zero-order valence-corrected chi connectivity index (χ0v) is 9.90. The van der Waals surface area contributed by atoms with Crippen molar-refractivity contribution in [3.05, 3.63) is 18.2 Å². The molecule has 17 heavy (non-hydrogen) atoms. The van der Waals surface area contributed by atoms with Crippen LogP contribution in [0.25, 0.3) is 0 Å². The average molecular weight is 238 g/mol. The fourth-order valence-corrected chi connectivity index (χ4v) is 1.95. The Morgan fingerprint density at radius 3 is 3.24 bits per heavy atom. The van der Waals surface area contributed by atoms with E-state index in [4.69, 9.17) is 4.74 Å². The summed E-state index contributed by atoms with van der Waals surface area (Å²) in [6, 6.07) is -0.123. The summed E-state index contributed by atoms with van der Waals surface area (Å²) in [5, 5.41) is 6.05. The molecule has 3 N–H and O–H groups in total. The summed E-state index contributed by atoms with van der Waals surface area (Å²) in [7, 11) is 1.67. The van der Waals surface area contributed by atoms with Gasteiger partial charge in [-0.05, 0) is 6.42 Å². The maximum Gasteiger partial charge on any atom is 0.237 e. The summed E-state index contributed by atoms with van der Waals surface area (Å²) in [6.45, 7) is 1.37. The third kappa shape index (κ3) is 3.28. The predicted octanol–water partition coefficient (Wildman–Crippen LogP) is -0.555. The minimum Gasteiger partial charge on any atom is -0.380 e. The normalized spacial score (nSPS) is 23.8. The number of rotatable bonds is 5. The van der Waals surface area contributed by atoms with Crippen LogP contribution in [0.5, 0.6) is 0 Å². The molecule has 0 aliphatic carbocycles. The SMILES string of the molecule is COC1CNC(C(=O)NCCc2cnc[nH]2)C1. The Hall–Kier alpha value is -1.40. The third-order valence-corrected chi connectivity index (χ3v) is 2.99. The minimum atomic E-state index is -0.123. The lowest BCUT2D eigenvalue weighted by Gasteiger charge is -2.10. The Labute approximate surface area is 100 Å². The highest BCUT2D eigenvalue weighted by Gasteiger charge is 2.28. The first-order chi connectivity index (χ1) is 8.29. The van der Waals surface area contributed by atoms with E-state index in [-0.39, 0.29) is 18.1 Å². The standard InChI is InChI=1S/C11H18N4O2/c1-17-9-4-10(14-6-9)11(16)13-3-2-8-5-12-7-15-8/h5,7,9-10,14H,2-4,6H2,1H3,(H,12,15)(H,13,16). The van der Waals surface area contributed by atoms with E-state index in [0.717, 1.165) is 25.1 Å². The molecule has 0 radical (unpaired) electrons. The number of H-pyrrole nitrogens is 1. The monoisotopic (exact) mass is 238 g/mol. The fourth-order valence-electron chi connectivity index (χ4n) is 1.95. The molecule has 1 aromatic rings. The van der Waals surface area contributed by atoms with E-state index in [0.29, 0.717) is 6.54 Å². The number of ether oxygens (including phenoxy) is 1. The van der Waals surface area contributed by atoms with Gasteiger partial charge in [-0.2, -0.15) is 0 Å². The van der Waals surface area contributed by atoms with Gasteiger partial charge in [0.05, 0.1) is 18.5 Å². The molecule has 1 aromatic heterocycles. The summed E-state index contributed by atoms with van der Waals surface area (Å²) in [6.07, 6.45) is 5.07. The molecule has 1 amide bonds. The van der Waals surface area contributed by atoms with E-state index in [2.05, 4.69) is 20.6 Å². The van der Waals surface area contributed by atoms with Crippen molar-refractivity contribution in [3.8, 4) is 0 Å². The van der Waals surface area contributed by atoms with Crippen molar-refractivity contribution in [1.29, 1.82) is 0 Å². The molecule has 2 atom stereocenters. The zero-order chi connectivity index (χ0) is 12.1. The first-order valence-electron chi connectivity index (χ1n) is 5.80. The molecule has 1 aliphatic heterocycles. The number of hydrogen-bond acceptors (Lipinski definition) is 4. The summed E-state index contributed by atoms with van der Waals surface area (Å²) < 4.78 is 5.20. The molecule has 0 spiro atoms. The number of imidazole rings is 1. The highest BCUT2D eigenvalue weighted by Crippen LogP contribution is 2.09. The second-order valence-corrected chi connectivity index (χ2v) is 4.17. The van der Waals surface area contributed by atoms with Crippen molar-refractivity contribution in [2.75, 3.05) is 20.2 Å². The third-order valence-electron chi connectivity index (χ3n) is 2.99. The van der Waals surface area contributed by atoms with Crippen molar-refractivity contribution in [1.82, 2.24) is 20.6 Å². The molecule has 2 heterocycles. The van der Waals surface area contributed by atoms with Gasteiger partial charge in [0.15, 0.2) is 0 Å². The molecule has 6 nitrogen and oxygen atoms in total. The van der Waals surface area contributed by atoms with Crippen molar-refractivity contribution in [3.63, 3.8) is 0 Å². The van der Waals surface area contributed by atoms with Crippen LogP contribution in [0.15, 0.2) is 12.5 Å². The van der Waals surface area contributed by atoms with Crippen molar-refractivity contribution in [2.24, 2.45) is 0 Å². The smallest absolute Gasteiger partial charge is 0.237 e. The van der Waals surface area contributed by atoms with Crippen LogP contribution in [0.3, 0.4) is 0 Å². The summed E-state index contributed by atoms with van der Waals surface area (Å²) >= 11 is 0. The maximum absolute atomic E-state index is 11.8. The highest BCUT2D eigenvalue weighted by atomic mass is 16.5. The molecule has 1 aliphatic rings. The van der Waals surface area contributed by atoms with Gasteiger partial charge in [0.1, 0.15) is 0 Å². The molecule has 2 rings (SSSR count). The Kier molecular flexibility index (Phi) is 4.11. The lowest BCUT2D eigenvalue weighted by atomic mass is 10.2. The number of nitrogens with one attached hydrogen (secondary N) is 3. The summed E-state index contributed by atoms with van der Waals surface area (Å²) in [5.41, 5.74) is 1.03. The fraction of sp³-hybridized carbons (Fsp3) is 0.636. The van der Waals surface area contributed by atoms with Gasteiger partial charge in [-0.15, -0.1) is 0 Å². The van der Waals surface area contributed by atoms with Gasteiger partial charge in [-0.25, -0.2) is 4.98 Å². The number of carbonyl (C=O) groups is 1. The van der Waals surface area contributed by atoms with Gasteiger partial charge in [-0.1, -0.05) is 0 Å². The van der Waals surface area contributed by atoms with Gasteiger partial charge in [0.25, 0.3) is 0 Å². The molecule has 0 bridgehead atoms. The number of amides is 1. The van der Waals surface area contributed by atoms with Crippen LogP contribution >= 0.6 is 0 Å². The predicted molar refractivity (Wildman–Crippen MR) is 62.5 cm³/mol. The average Bonchev–Trinajstić information content (AvgIpc) is 2.99. The maximum atomic E-state index is 11.8. The van der Waals surface area contributed by atoms with E-state index in [1.165, 1.54) is 0 Å². The number of methoxy groups -OCH3 is 1. The van der Waals surface area contributed by atoms with Crippen LogP contribution < -0.4 is 10.6 Å². The molecule has 0 saturated carbocycles. The molecule has 94 valence electrons. The number of aromatic nitrogens is 2. The van der Waals surface area contributed by atoms with Gasteiger partial charge in [0.2, 0.25) is 5.91 Å². The van der Waals surface area contributed by atoms with E-state index in [9.17, 15) is 4.79 Å². The topological polar surface area (TPSA) is 79.0 Å². The Morgan fingerprint density at radius 2 is 2.59 bits per heavy atom. The number of aromatic amines is 1. The van der Waals surface area contributed by atoms with Gasteiger partial charge >= 0.3 is 0 Å². The lowest BCUT2D eigenvalue weighted by Crippen LogP contribution is -2.41. The van der Waals surface area contributed by atoms with Crippen LogP contribution in [-0.4, -0.2) is 48.2 Å². The van der Waals surface area contributed by atoms with E-state index >= 15 is 0 Å². The number of hydrogen-bond donors (Lipinski definition) is 3. The van der Waals surface area contributed by atoms with Gasteiger partial charge in [-0.3, -0.25) is 4.79 Å². The van der Waals surface area contributed by atoms with Crippen molar-refractivity contribution >= 4 is 5.91 Å². The Balaban J connectivity index is 1.67. The van der Waals surface area contributed by atoms with Crippen LogP contribution in [0.4, 0.5) is 0 Å². The van der Waals surface area contributed by atoms with Crippen molar-refractivity contribution in [2.45, 2.75) is 25.0 Å². The first-order valence-corrected chi connectivity index (χ1v) is 5.80. The lowest BCUT2D eigenvalue weighted by molar-refractivity contribution is -0.122. The first kappa shape index (κ1) is 12.1. The summed E-state index contributed by atoms with van der Waals surface area (Å²) in [4.78, 5) is 18.7. The molecule has 6 heteroatoms. The molecular weight excluding hydrogens is 220 g/mol. The zero-order valence-electron chi connectivity index (χ0n) is 9.90. The van der Waals surface area contributed by atoms with Crippen molar-refractivity contribution < 1.29 is 9.53 Å². The van der Waals surface area contributed by atoms with Crippen LogP contribution in [0.2, 0.25) is 0 Å². The quantitative estimate of drug-likeness (QED) is 0.643. The van der Waals surface area contributed by atoms with Gasteiger partial charge in [0, 0.05) is 38.5 Å². The summed E-state index contributed by atoms with van der Waals surface area (Å²) in [5.74, 6) is 0.0454. The van der Waals surface area contributed by atoms with Crippen LogP contribution in [0.1, 0.15) is 12.1 Å². The molecular formula is C11H18N4O2. The molecule has 1 fully saturated rings. The van der Waals surface area contributed by atoms with Gasteiger partial charge < -0.3 is 20.4 Å². The van der Waals surface area contributed by atoms with Crippen LogP contribution in [0, 0.1) is 0 Å². The minimum absolute atomic E-state index is 0.0454. The van der Waals surface area contributed by atoms with E-state index in [1.54, 1.807) is 19.6 Å².